The summed E-state index contributed by atoms with van der Waals surface area (Å²) in [6, 6.07) is 8.96. The molecule has 1 atom stereocenters. The minimum atomic E-state index is -0.175. The predicted molar refractivity (Wildman–Crippen MR) is 103 cm³/mol. The molecular weight excluding hydrogens is 354 g/mol. The van der Waals surface area contributed by atoms with Gasteiger partial charge in [-0.15, -0.1) is 0 Å². The van der Waals surface area contributed by atoms with Crippen LogP contribution >= 0.6 is 11.6 Å². The number of benzene rings is 1. The molecule has 2 aromatic rings. The van der Waals surface area contributed by atoms with Crippen LogP contribution in [0.3, 0.4) is 0 Å². The van der Waals surface area contributed by atoms with E-state index in [1.807, 2.05) is 50.2 Å². The molecule has 1 aromatic heterocycles. The summed E-state index contributed by atoms with van der Waals surface area (Å²) in [6.07, 6.45) is 1.63. The van der Waals surface area contributed by atoms with E-state index in [0.717, 1.165) is 17.1 Å². The molecule has 0 saturated heterocycles. The zero-order valence-electron chi connectivity index (χ0n) is 15.7. The maximum Gasteiger partial charge on any atom is 0.317 e. The van der Waals surface area contributed by atoms with Gasteiger partial charge in [-0.1, -0.05) is 11.6 Å². The topological polar surface area (TPSA) is 58.0 Å². The van der Waals surface area contributed by atoms with Crippen LogP contribution < -0.4 is 10.1 Å². The van der Waals surface area contributed by atoms with E-state index >= 15 is 0 Å². The van der Waals surface area contributed by atoms with Gasteiger partial charge in [0.05, 0.1) is 25.5 Å². The third kappa shape index (κ3) is 5.41. The van der Waals surface area contributed by atoms with Gasteiger partial charge in [0, 0.05) is 24.2 Å². The van der Waals surface area contributed by atoms with Crippen molar-refractivity contribution in [2.24, 2.45) is 0 Å². The lowest BCUT2D eigenvalue weighted by Crippen LogP contribution is -2.41. The molecule has 0 aliphatic rings. The van der Waals surface area contributed by atoms with Crippen LogP contribution in [0.4, 0.5) is 4.79 Å². The van der Waals surface area contributed by atoms with Gasteiger partial charge in [0.1, 0.15) is 11.5 Å². The summed E-state index contributed by atoms with van der Waals surface area (Å²) in [7, 11) is 5.64. The number of nitrogens with zero attached hydrogens (tertiary/aromatic N) is 2. The van der Waals surface area contributed by atoms with Crippen molar-refractivity contribution in [2.45, 2.75) is 19.5 Å². The Hall–Kier alpha value is -2.18. The minimum Gasteiger partial charge on any atom is -0.494 e. The molecule has 7 heteroatoms. The van der Waals surface area contributed by atoms with Crippen molar-refractivity contribution >= 4 is 17.6 Å². The van der Waals surface area contributed by atoms with Crippen molar-refractivity contribution in [2.75, 3.05) is 34.3 Å². The van der Waals surface area contributed by atoms with Crippen molar-refractivity contribution in [1.82, 2.24) is 15.1 Å². The smallest absolute Gasteiger partial charge is 0.317 e. The van der Waals surface area contributed by atoms with Gasteiger partial charge >= 0.3 is 6.03 Å². The summed E-state index contributed by atoms with van der Waals surface area (Å²) in [5.41, 5.74) is 0.868. The van der Waals surface area contributed by atoms with E-state index in [9.17, 15) is 4.79 Å². The zero-order valence-corrected chi connectivity index (χ0v) is 16.4. The standard InChI is InChI=1S/C19H26ClN3O3/c1-5-25-17-9-8-15(20)11-14(17)13-23(4)19(24)21-12-16(22(2)3)18-7-6-10-26-18/h6-11,16H,5,12-13H2,1-4H3,(H,21,24)/t16-/m0/s1. The number of ether oxygens (including phenoxy) is 1. The molecule has 1 heterocycles. The lowest BCUT2D eigenvalue weighted by atomic mass is 10.2. The van der Waals surface area contributed by atoms with Gasteiger partial charge in [0.15, 0.2) is 0 Å². The van der Waals surface area contributed by atoms with Crippen molar-refractivity contribution in [3.8, 4) is 5.75 Å². The average molecular weight is 380 g/mol. The number of rotatable bonds is 8. The first kappa shape index (κ1) is 20.1. The van der Waals surface area contributed by atoms with E-state index < -0.39 is 0 Å². The summed E-state index contributed by atoms with van der Waals surface area (Å²) in [5, 5.41) is 3.56. The van der Waals surface area contributed by atoms with E-state index in [1.54, 1.807) is 24.3 Å². The van der Waals surface area contributed by atoms with Gasteiger partial charge < -0.3 is 19.4 Å². The van der Waals surface area contributed by atoms with E-state index in [1.165, 1.54) is 0 Å². The molecule has 0 radical (unpaired) electrons. The molecule has 0 saturated carbocycles. The molecule has 0 aliphatic heterocycles. The fourth-order valence-corrected chi connectivity index (χ4v) is 2.83. The molecule has 0 bridgehead atoms. The lowest BCUT2D eigenvalue weighted by Gasteiger charge is -2.25. The fourth-order valence-electron chi connectivity index (χ4n) is 2.63. The Morgan fingerprint density at radius 1 is 1.31 bits per heavy atom. The Morgan fingerprint density at radius 2 is 2.08 bits per heavy atom. The monoisotopic (exact) mass is 379 g/mol. The molecule has 0 spiro atoms. The van der Waals surface area contributed by atoms with Crippen molar-refractivity contribution < 1.29 is 13.9 Å². The van der Waals surface area contributed by atoms with Crippen LogP contribution in [-0.2, 0) is 6.54 Å². The molecule has 0 aliphatic carbocycles. The number of halogens is 1. The van der Waals surface area contributed by atoms with Gasteiger partial charge in [0.25, 0.3) is 0 Å². The number of amides is 2. The van der Waals surface area contributed by atoms with Gasteiger partial charge in [-0.05, 0) is 51.4 Å². The Labute approximate surface area is 159 Å². The highest BCUT2D eigenvalue weighted by atomic mass is 35.5. The van der Waals surface area contributed by atoms with Gasteiger partial charge in [0.2, 0.25) is 0 Å². The molecule has 1 aromatic carbocycles. The minimum absolute atomic E-state index is 0.0347. The maximum absolute atomic E-state index is 12.5. The van der Waals surface area contributed by atoms with Crippen LogP contribution in [0.15, 0.2) is 41.0 Å². The normalized spacial score (nSPS) is 12.1. The first-order chi connectivity index (χ1) is 12.4. The maximum atomic E-state index is 12.5. The summed E-state index contributed by atoms with van der Waals surface area (Å²) in [4.78, 5) is 16.1. The summed E-state index contributed by atoms with van der Waals surface area (Å²) >= 11 is 6.08. The van der Waals surface area contributed by atoms with Crippen molar-refractivity contribution in [3.05, 3.63) is 52.9 Å². The number of carbonyl (C=O) groups excluding carboxylic acids is 1. The van der Waals surface area contributed by atoms with E-state index in [2.05, 4.69) is 5.32 Å². The van der Waals surface area contributed by atoms with Crippen LogP contribution in [-0.4, -0.2) is 50.1 Å². The van der Waals surface area contributed by atoms with Gasteiger partial charge in [-0.25, -0.2) is 4.79 Å². The summed E-state index contributed by atoms with van der Waals surface area (Å²) < 4.78 is 11.1. The summed E-state index contributed by atoms with van der Waals surface area (Å²) in [5.74, 6) is 1.55. The number of hydrogen-bond acceptors (Lipinski definition) is 4. The SMILES string of the molecule is CCOc1ccc(Cl)cc1CN(C)C(=O)NC[C@@H](c1ccco1)N(C)C. The molecule has 1 N–H and O–H groups in total. The van der Waals surface area contributed by atoms with Gasteiger partial charge in [-0.2, -0.15) is 0 Å². The molecule has 0 fully saturated rings. The van der Waals surface area contributed by atoms with Crippen LogP contribution in [0.1, 0.15) is 24.3 Å². The Kier molecular flexibility index (Phi) is 7.36. The first-order valence-corrected chi connectivity index (χ1v) is 8.90. The van der Waals surface area contributed by atoms with Crippen LogP contribution in [0.5, 0.6) is 5.75 Å². The quantitative estimate of drug-likeness (QED) is 0.758. The Morgan fingerprint density at radius 3 is 2.69 bits per heavy atom. The molecule has 6 nitrogen and oxygen atoms in total. The second kappa shape index (κ2) is 9.50. The third-order valence-electron chi connectivity index (χ3n) is 4.02. The van der Waals surface area contributed by atoms with Crippen molar-refractivity contribution in [3.63, 3.8) is 0 Å². The largest absolute Gasteiger partial charge is 0.494 e. The summed E-state index contributed by atoms with van der Waals surface area (Å²) in [6.45, 7) is 3.32. The number of carbonyl (C=O) groups is 1. The number of furan rings is 1. The molecule has 0 unspecified atom stereocenters. The predicted octanol–water partition coefficient (Wildman–Crippen LogP) is 3.78. The van der Waals surface area contributed by atoms with Crippen LogP contribution in [0, 0.1) is 0 Å². The highest BCUT2D eigenvalue weighted by molar-refractivity contribution is 6.30. The second-order valence-corrected chi connectivity index (χ2v) is 6.66. The van der Waals surface area contributed by atoms with Crippen LogP contribution in [0.2, 0.25) is 5.02 Å². The van der Waals surface area contributed by atoms with Crippen molar-refractivity contribution in [1.29, 1.82) is 0 Å². The van der Waals surface area contributed by atoms with E-state index in [4.69, 9.17) is 20.8 Å². The first-order valence-electron chi connectivity index (χ1n) is 8.52. The Balaban J connectivity index is 1.98. The molecule has 2 amide bonds. The molecule has 142 valence electrons. The second-order valence-electron chi connectivity index (χ2n) is 6.22. The zero-order chi connectivity index (χ0) is 19.1. The lowest BCUT2D eigenvalue weighted by molar-refractivity contribution is 0.196. The highest BCUT2D eigenvalue weighted by Gasteiger charge is 2.19. The fraction of sp³-hybridized carbons (Fsp3) is 0.421. The van der Waals surface area contributed by atoms with E-state index in [0.29, 0.717) is 24.7 Å². The van der Waals surface area contributed by atoms with Crippen LogP contribution in [0.25, 0.3) is 0 Å². The molecule has 26 heavy (non-hydrogen) atoms. The molecular formula is C19H26ClN3O3. The third-order valence-corrected chi connectivity index (χ3v) is 4.25. The average Bonchev–Trinajstić information content (AvgIpc) is 3.11. The Bertz CT molecular complexity index is 704. The highest BCUT2D eigenvalue weighted by Crippen LogP contribution is 2.24. The van der Waals surface area contributed by atoms with E-state index in [-0.39, 0.29) is 12.1 Å². The number of urea groups is 1. The number of nitrogens with one attached hydrogen (secondary N) is 1. The van der Waals surface area contributed by atoms with Gasteiger partial charge in [-0.3, -0.25) is 4.90 Å². The number of likely N-dealkylation sites (N-methyl/N-ethyl adjacent to an activating group) is 1. The number of hydrogen-bond donors (Lipinski definition) is 1. The molecule has 2 rings (SSSR count).